The molecular formula is C14H15ClFNO5. The lowest BCUT2D eigenvalue weighted by atomic mass is 9.94. The average molecular weight is 332 g/mol. The van der Waals surface area contributed by atoms with Crippen molar-refractivity contribution in [2.24, 2.45) is 0 Å². The number of halogens is 2. The Kier molecular flexibility index (Phi) is 5.20. The maximum absolute atomic E-state index is 13.0. The van der Waals surface area contributed by atoms with Crippen LogP contribution in [0, 0.1) is 5.82 Å². The number of carbonyl (C=O) groups excluding carboxylic acids is 1. The van der Waals surface area contributed by atoms with Crippen LogP contribution in [-0.4, -0.2) is 42.3 Å². The molecule has 1 atom stereocenters. The van der Waals surface area contributed by atoms with E-state index in [0.717, 1.165) is 6.07 Å². The van der Waals surface area contributed by atoms with Gasteiger partial charge in [0, 0.05) is 12.7 Å². The third-order valence-corrected chi connectivity index (χ3v) is 3.55. The normalized spacial score (nSPS) is 20.6. The van der Waals surface area contributed by atoms with Crippen LogP contribution in [0.2, 0.25) is 5.02 Å². The summed E-state index contributed by atoms with van der Waals surface area (Å²) in [6, 6.07) is 3.74. The van der Waals surface area contributed by atoms with E-state index >= 15 is 0 Å². The van der Waals surface area contributed by atoms with Crippen LogP contribution < -0.4 is 10.1 Å². The zero-order valence-corrected chi connectivity index (χ0v) is 12.4. The quantitative estimate of drug-likeness (QED) is 0.827. The Morgan fingerprint density at radius 3 is 2.86 bits per heavy atom. The highest BCUT2D eigenvalue weighted by Crippen LogP contribution is 2.23. The van der Waals surface area contributed by atoms with E-state index in [1.54, 1.807) is 0 Å². The monoisotopic (exact) mass is 331 g/mol. The van der Waals surface area contributed by atoms with Gasteiger partial charge >= 0.3 is 5.97 Å². The number of rotatable bonds is 6. The van der Waals surface area contributed by atoms with Gasteiger partial charge in [-0.3, -0.25) is 9.59 Å². The molecule has 6 nitrogen and oxygen atoms in total. The molecule has 1 aromatic rings. The minimum atomic E-state index is -1.02. The Morgan fingerprint density at radius 2 is 2.27 bits per heavy atom. The first-order valence-electron chi connectivity index (χ1n) is 6.59. The first kappa shape index (κ1) is 16.5. The molecule has 2 rings (SSSR count). The van der Waals surface area contributed by atoms with Crippen molar-refractivity contribution in [3.63, 3.8) is 0 Å². The number of carboxylic acids is 1. The van der Waals surface area contributed by atoms with Gasteiger partial charge < -0.3 is 19.9 Å². The minimum absolute atomic E-state index is 0.107. The summed E-state index contributed by atoms with van der Waals surface area (Å²) >= 11 is 5.61. The topological polar surface area (TPSA) is 84.9 Å². The maximum atomic E-state index is 13.0. The van der Waals surface area contributed by atoms with Gasteiger partial charge in [0.25, 0.3) is 5.91 Å². The summed E-state index contributed by atoms with van der Waals surface area (Å²) < 4.78 is 23.4. The third kappa shape index (κ3) is 4.32. The van der Waals surface area contributed by atoms with Crippen LogP contribution in [0.1, 0.15) is 12.8 Å². The number of hydrogen-bond acceptors (Lipinski definition) is 4. The second-order valence-corrected chi connectivity index (χ2v) is 5.47. The van der Waals surface area contributed by atoms with E-state index in [0.29, 0.717) is 13.0 Å². The Balaban J connectivity index is 1.91. The molecule has 0 spiro atoms. The average Bonchev–Trinajstić information content (AvgIpc) is 2.87. The zero-order valence-electron chi connectivity index (χ0n) is 11.6. The molecule has 1 aromatic carbocycles. The molecule has 0 radical (unpaired) electrons. The second kappa shape index (κ2) is 6.93. The number of amides is 1. The van der Waals surface area contributed by atoms with Gasteiger partial charge in [-0.2, -0.15) is 0 Å². The standard InChI is InChI=1S/C14H15ClFNO5/c15-10-5-9(1-2-11(10)16)22-7-12(18)17-14(6-13(19)20)3-4-21-8-14/h1-2,5H,3-4,6-8H2,(H,17,18)(H,19,20). The molecule has 1 heterocycles. The molecule has 1 aliphatic rings. The smallest absolute Gasteiger partial charge is 0.305 e. The van der Waals surface area contributed by atoms with Gasteiger partial charge in [-0.15, -0.1) is 0 Å². The van der Waals surface area contributed by atoms with Gasteiger partial charge in [-0.05, 0) is 18.6 Å². The largest absolute Gasteiger partial charge is 0.484 e. The van der Waals surface area contributed by atoms with Crippen molar-refractivity contribution in [2.75, 3.05) is 19.8 Å². The molecule has 1 fully saturated rings. The molecule has 0 aliphatic carbocycles. The number of aliphatic carboxylic acids is 1. The van der Waals surface area contributed by atoms with Crippen molar-refractivity contribution >= 4 is 23.5 Å². The van der Waals surface area contributed by atoms with Crippen LogP contribution in [0.15, 0.2) is 18.2 Å². The van der Waals surface area contributed by atoms with Crippen LogP contribution >= 0.6 is 11.6 Å². The number of nitrogens with one attached hydrogen (secondary N) is 1. The molecule has 1 amide bonds. The fourth-order valence-electron chi connectivity index (χ4n) is 2.23. The number of hydrogen-bond donors (Lipinski definition) is 2. The van der Waals surface area contributed by atoms with Crippen LogP contribution in [-0.2, 0) is 14.3 Å². The lowest BCUT2D eigenvalue weighted by Crippen LogP contribution is -2.51. The number of carboxylic acid groups (broad SMARTS) is 1. The van der Waals surface area contributed by atoms with Gasteiger partial charge in [-0.25, -0.2) is 4.39 Å². The Hall–Kier alpha value is -1.86. The Labute approximate surface area is 131 Å². The molecular weight excluding hydrogens is 317 g/mol. The highest BCUT2D eigenvalue weighted by atomic mass is 35.5. The molecule has 120 valence electrons. The highest BCUT2D eigenvalue weighted by molar-refractivity contribution is 6.30. The lowest BCUT2D eigenvalue weighted by molar-refractivity contribution is -0.139. The summed E-state index contributed by atoms with van der Waals surface area (Å²) in [7, 11) is 0. The molecule has 8 heteroatoms. The molecule has 1 aliphatic heterocycles. The predicted octanol–water partition coefficient (Wildman–Crippen LogP) is 1.61. The molecule has 0 aromatic heterocycles. The zero-order chi connectivity index (χ0) is 16.2. The summed E-state index contributed by atoms with van der Waals surface area (Å²) in [6.07, 6.45) is 0.203. The predicted molar refractivity (Wildman–Crippen MR) is 75.5 cm³/mol. The van der Waals surface area contributed by atoms with Gasteiger partial charge in [0.05, 0.1) is 23.6 Å². The Bertz CT molecular complexity index is 574. The van der Waals surface area contributed by atoms with Gasteiger partial charge in [0.2, 0.25) is 0 Å². The van der Waals surface area contributed by atoms with E-state index < -0.39 is 23.2 Å². The SMILES string of the molecule is O=C(O)CC1(NC(=O)COc2ccc(F)c(Cl)c2)CCOC1. The van der Waals surface area contributed by atoms with Gasteiger partial charge in [-0.1, -0.05) is 11.6 Å². The summed E-state index contributed by atoms with van der Waals surface area (Å²) in [5.41, 5.74) is -0.910. The summed E-state index contributed by atoms with van der Waals surface area (Å²) in [4.78, 5) is 22.8. The van der Waals surface area contributed by atoms with Crippen LogP contribution in [0.4, 0.5) is 4.39 Å². The third-order valence-electron chi connectivity index (χ3n) is 3.26. The van der Waals surface area contributed by atoms with E-state index in [1.807, 2.05) is 0 Å². The van der Waals surface area contributed by atoms with E-state index in [1.165, 1.54) is 12.1 Å². The van der Waals surface area contributed by atoms with Gasteiger partial charge in [0.1, 0.15) is 11.6 Å². The molecule has 1 unspecified atom stereocenters. The van der Waals surface area contributed by atoms with Crippen molar-refractivity contribution in [3.05, 3.63) is 29.0 Å². The summed E-state index contributed by atoms with van der Waals surface area (Å²) in [5.74, 6) is -1.83. The van der Waals surface area contributed by atoms with Crippen molar-refractivity contribution in [1.29, 1.82) is 0 Å². The lowest BCUT2D eigenvalue weighted by Gasteiger charge is -2.26. The molecule has 0 bridgehead atoms. The number of ether oxygens (including phenoxy) is 2. The first-order chi connectivity index (χ1) is 10.4. The summed E-state index contributed by atoms with van der Waals surface area (Å²) in [6.45, 7) is 0.207. The Morgan fingerprint density at radius 1 is 1.50 bits per heavy atom. The van der Waals surface area contributed by atoms with Crippen molar-refractivity contribution < 1.29 is 28.6 Å². The van der Waals surface area contributed by atoms with Crippen LogP contribution in [0.25, 0.3) is 0 Å². The molecule has 0 saturated carbocycles. The molecule has 22 heavy (non-hydrogen) atoms. The van der Waals surface area contributed by atoms with E-state index in [-0.39, 0.29) is 30.4 Å². The van der Waals surface area contributed by atoms with Gasteiger partial charge in [0.15, 0.2) is 6.61 Å². The fraction of sp³-hybridized carbons (Fsp3) is 0.429. The number of benzene rings is 1. The number of carbonyl (C=O) groups is 2. The minimum Gasteiger partial charge on any atom is -0.484 e. The maximum Gasteiger partial charge on any atom is 0.305 e. The second-order valence-electron chi connectivity index (χ2n) is 5.07. The highest BCUT2D eigenvalue weighted by Gasteiger charge is 2.38. The van der Waals surface area contributed by atoms with Crippen molar-refractivity contribution in [2.45, 2.75) is 18.4 Å². The van der Waals surface area contributed by atoms with E-state index in [4.69, 9.17) is 26.2 Å². The van der Waals surface area contributed by atoms with Crippen LogP contribution in [0.3, 0.4) is 0 Å². The molecule has 2 N–H and O–H groups in total. The summed E-state index contributed by atoms with van der Waals surface area (Å²) in [5, 5.41) is 11.5. The van der Waals surface area contributed by atoms with Crippen molar-refractivity contribution in [3.8, 4) is 5.75 Å². The van der Waals surface area contributed by atoms with E-state index in [2.05, 4.69) is 5.32 Å². The fourth-order valence-corrected chi connectivity index (χ4v) is 2.40. The van der Waals surface area contributed by atoms with Crippen molar-refractivity contribution in [1.82, 2.24) is 5.32 Å². The molecule has 1 saturated heterocycles. The van der Waals surface area contributed by atoms with E-state index in [9.17, 15) is 14.0 Å². The van der Waals surface area contributed by atoms with Crippen LogP contribution in [0.5, 0.6) is 5.75 Å². The first-order valence-corrected chi connectivity index (χ1v) is 6.96.